The summed E-state index contributed by atoms with van der Waals surface area (Å²) in [6.07, 6.45) is 1.90. The van der Waals surface area contributed by atoms with Gasteiger partial charge in [-0.1, -0.05) is 0 Å². The molecule has 2 aliphatic rings. The van der Waals surface area contributed by atoms with Crippen LogP contribution in [-0.2, 0) is 9.59 Å². The molecule has 1 N–H and O–H groups in total. The molecule has 0 saturated carbocycles. The van der Waals surface area contributed by atoms with E-state index in [4.69, 9.17) is 0 Å². The molecule has 0 aromatic rings. The number of amides is 2. The van der Waals surface area contributed by atoms with E-state index in [1.807, 2.05) is 0 Å². The second-order valence-corrected chi connectivity index (χ2v) is 6.11. The summed E-state index contributed by atoms with van der Waals surface area (Å²) in [5.74, 6) is -0.00460. The van der Waals surface area contributed by atoms with Gasteiger partial charge in [0.25, 0.3) is 0 Å². The van der Waals surface area contributed by atoms with Crippen molar-refractivity contribution in [1.82, 2.24) is 15.1 Å². The number of hydrogen-bond donors (Lipinski definition) is 1. The van der Waals surface area contributed by atoms with Crippen molar-refractivity contribution in [1.29, 1.82) is 0 Å². The van der Waals surface area contributed by atoms with Gasteiger partial charge in [-0.15, -0.1) is 0 Å². The van der Waals surface area contributed by atoms with Crippen molar-refractivity contribution >= 4 is 11.8 Å². The monoisotopic (exact) mass is 253 g/mol. The number of piperidine rings is 1. The highest BCUT2D eigenvalue weighted by molar-refractivity contribution is 5.97. The van der Waals surface area contributed by atoms with Gasteiger partial charge in [0.2, 0.25) is 11.8 Å². The minimum atomic E-state index is -0.762. The third-order valence-corrected chi connectivity index (χ3v) is 4.18. The van der Waals surface area contributed by atoms with Crippen LogP contribution in [0.15, 0.2) is 0 Å². The Labute approximate surface area is 108 Å². The van der Waals surface area contributed by atoms with Gasteiger partial charge in [0.15, 0.2) is 0 Å². The maximum atomic E-state index is 12.4. The van der Waals surface area contributed by atoms with Crippen LogP contribution in [0.4, 0.5) is 0 Å². The first kappa shape index (κ1) is 13.3. The predicted molar refractivity (Wildman–Crippen MR) is 69.0 cm³/mol. The Morgan fingerprint density at radius 1 is 1.33 bits per heavy atom. The average molecular weight is 253 g/mol. The molecular formula is C13H23N3O2. The van der Waals surface area contributed by atoms with E-state index in [-0.39, 0.29) is 24.4 Å². The summed E-state index contributed by atoms with van der Waals surface area (Å²) in [6.45, 7) is 6.92. The van der Waals surface area contributed by atoms with Gasteiger partial charge in [-0.25, -0.2) is 0 Å². The summed E-state index contributed by atoms with van der Waals surface area (Å²) in [6, 6.07) is 0.665. The number of nitrogens with zero attached hydrogens (tertiary/aromatic N) is 2. The van der Waals surface area contributed by atoms with Gasteiger partial charge in [0.1, 0.15) is 5.54 Å². The molecule has 2 atom stereocenters. The number of piperazine rings is 1. The van der Waals surface area contributed by atoms with Crippen molar-refractivity contribution in [2.45, 2.75) is 51.2 Å². The molecule has 5 nitrogen and oxygen atoms in total. The first-order valence-corrected chi connectivity index (χ1v) is 6.63. The minimum absolute atomic E-state index is 0.0452. The third kappa shape index (κ3) is 2.36. The largest absolute Gasteiger partial charge is 0.341 e. The van der Waals surface area contributed by atoms with Crippen molar-refractivity contribution in [3.05, 3.63) is 0 Å². The van der Waals surface area contributed by atoms with Crippen molar-refractivity contribution in [3.8, 4) is 0 Å². The van der Waals surface area contributed by atoms with Crippen LogP contribution in [0.1, 0.15) is 33.6 Å². The van der Waals surface area contributed by atoms with E-state index in [0.717, 1.165) is 19.4 Å². The number of carbonyl (C=O) groups excluding carboxylic acids is 2. The SMILES string of the molecule is CC1CC(N2CC(=O)NC(C)(C)C2=O)CCN1C. The van der Waals surface area contributed by atoms with E-state index >= 15 is 0 Å². The van der Waals surface area contributed by atoms with Crippen LogP contribution in [0.2, 0.25) is 0 Å². The van der Waals surface area contributed by atoms with Gasteiger partial charge in [-0.2, -0.15) is 0 Å². The van der Waals surface area contributed by atoms with E-state index in [2.05, 4.69) is 24.2 Å². The molecule has 2 unspecified atom stereocenters. The zero-order chi connectivity index (χ0) is 13.5. The summed E-state index contributed by atoms with van der Waals surface area (Å²) in [7, 11) is 2.11. The van der Waals surface area contributed by atoms with Crippen LogP contribution in [0.5, 0.6) is 0 Å². The van der Waals surface area contributed by atoms with Crippen molar-refractivity contribution < 1.29 is 9.59 Å². The van der Waals surface area contributed by atoms with Gasteiger partial charge in [0, 0.05) is 18.6 Å². The van der Waals surface area contributed by atoms with Crippen LogP contribution in [0.25, 0.3) is 0 Å². The van der Waals surface area contributed by atoms with Crippen molar-refractivity contribution in [3.63, 3.8) is 0 Å². The van der Waals surface area contributed by atoms with Gasteiger partial charge in [-0.05, 0) is 40.7 Å². The molecular weight excluding hydrogens is 230 g/mol. The molecule has 0 aromatic heterocycles. The molecule has 2 rings (SSSR count). The smallest absolute Gasteiger partial charge is 0.248 e. The highest BCUT2D eigenvalue weighted by atomic mass is 16.2. The Balaban J connectivity index is 2.12. The molecule has 0 spiro atoms. The van der Waals surface area contributed by atoms with Crippen molar-refractivity contribution in [2.75, 3.05) is 20.1 Å². The summed E-state index contributed by atoms with van der Waals surface area (Å²) in [5.41, 5.74) is -0.762. The molecule has 2 heterocycles. The van der Waals surface area contributed by atoms with Crippen molar-refractivity contribution in [2.24, 2.45) is 0 Å². The molecule has 5 heteroatoms. The molecule has 0 radical (unpaired) electrons. The molecule has 0 aromatic carbocycles. The van der Waals surface area contributed by atoms with E-state index < -0.39 is 5.54 Å². The zero-order valence-corrected chi connectivity index (χ0v) is 11.7. The number of hydrogen-bond acceptors (Lipinski definition) is 3. The maximum Gasteiger partial charge on any atom is 0.248 e. The quantitative estimate of drug-likeness (QED) is 0.726. The first-order chi connectivity index (χ1) is 8.31. The molecule has 102 valence electrons. The Hall–Kier alpha value is -1.10. The fraction of sp³-hybridized carbons (Fsp3) is 0.846. The van der Waals surface area contributed by atoms with Crippen LogP contribution in [0, 0.1) is 0 Å². The van der Waals surface area contributed by atoms with Crippen LogP contribution >= 0.6 is 0 Å². The Bertz CT molecular complexity index is 367. The first-order valence-electron chi connectivity index (χ1n) is 6.63. The predicted octanol–water partition coefficient (Wildman–Crippen LogP) is 0.206. The van der Waals surface area contributed by atoms with E-state index in [1.165, 1.54) is 0 Å². The normalized spacial score (nSPS) is 33.4. The molecule has 2 aliphatic heterocycles. The fourth-order valence-electron chi connectivity index (χ4n) is 2.87. The maximum absolute atomic E-state index is 12.4. The summed E-state index contributed by atoms with van der Waals surface area (Å²) in [5, 5.41) is 2.75. The van der Waals surface area contributed by atoms with Gasteiger partial charge in [0.05, 0.1) is 6.54 Å². The second-order valence-electron chi connectivity index (χ2n) is 6.11. The Morgan fingerprint density at radius 3 is 2.61 bits per heavy atom. The summed E-state index contributed by atoms with van der Waals surface area (Å²) < 4.78 is 0. The van der Waals surface area contributed by atoms with Crippen LogP contribution in [-0.4, -0.2) is 59.4 Å². The molecule has 0 aliphatic carbocycles. The standard InChI is InChI=1S/C13H23N3O2/c1-9-7-10(5-6-15(9)4)16-8-11(17)14-13(2,3)12(16)18/h9-10H,5-8H2,1-4H3,(H,14,17). The van der Waals surface area contributed by atoms with E-state index in [9.17, 15) is 9.59 Å². The Kier molecular flexibility index (Phi) is 3.36. The Morgan fingerprint density at radius 2 is 2.00 bits per heavy atom. The third-order valence-electron chi connectivity index (χ3n) is 4.18. The molecule has 18 heavy (non-hydrogen) atoms. The lowest BCUT2D eigenvalue weighted by Gasteiger charge is -2.45. The molecule has 2 amide bonds. The lowest BCUT2D eigenvalue weighted by molar-refractivity contribution is -0.152. The minimum Gasteiger partial charge on any atom is -0.341 e. The van der Waals surface area contributed by atoms with E-state index in [1.54, 1.807) is 18.7 Å². The number of likely N-dealkylation sites (tertiary alicyclic amines) is 1. The zero-order valence-electron chi connectivity index (χ0n) is 11.7. The number of carbonyl (C=O) groups is 2. The fourth-order valence-corrected chi connectivity index (χ4v) is 2.87. The second kappa shape index (κ2) is 4.53. The lowest BCUT2D eigenvalue weighted by atomic mass is 9.93. The topological polar surface area (TPSA) is 52.7 Å². The van der Waals surface area contributed by atoms with Crippen LogP contribution < -0.4 is 5.32 Å². The van der Waals surface area contributed by atoms with Gasteiger partial charge >= 0.3 is 0 Å². The highest BCUT2D eigenvalue weighted by Crippen LogP contribution is 2.24. The summed E-state index contributed by atoms with van der Waals surface area (Å²) in [4.78, 5) is 28.2. The number of rotatable bonds is 1. The molecule has 0 bridgehead atoms. The highest BCUT2D eigenvalue weighted by Gasteiger charge is 2.42. The van der Waals surface area contributed by atoms with E-state index in [0.29, 0.717) is 6.04 Å². The molecule has 2 saturated heterocycles. The van der Waals surface area contributed by atoms with Gasteiger partial charge in [-0.3, -0.25) is 9.59 Å². The molecule has 2 fully saturated rings. The summed E-state index contributed by atoms with van der Waals surface area (Å²) >= 11 is 0. The average Bonchev–Trinajstić information content (AvgIpc) is 2.27. The van der Waals surface area contributed by atoms with Crippen LogP contribution in [0.3, 0.4) is 0 Å². The number of nitrogens with one attached hydrogen (secondary N) is 1. The lowest BCUT2D eigenvalue weighted by Crippen LogP contribution is -2.66. The van der Waals surface area contributed by atoms with Gasteiger partial charge < -0.3 is 15.1 Å².